The molecule has 0 saturated carbocycles. The third kappa shape index (κ3) is 2.97. The largest absolute Gasteiger partial charge is 0.336 e. The van der Waals surface area contributed by atoms with Crippen molar-refractivity contribution in [1.82, 2.24) is 10.2 Å². The summed E-state index contributed by atoms with van der Waals surface area (Å²) in [4.78, 5) is 17.1. The van der Waals surface area contributed by atoms with Crippen LogP contribution in [0.25, 0.3) is 0 Å². The second kappa shape index (κ2) is 6.16. The third-order valence-electron chi connectivity index (χ3n) is 5.39. The quantitative estimate of drug-likeness (QED) is 0.909. The number of carbonyl (C=O) groups is 1. The molecule has 1 spiro atoms. The molecule has 1 aromatic rings. The number of hydrogen-bond donors (Lipinski definition) is 1. The Hall–Kier alpha value is -1.55. The average Bonchev–Trinajstić information content (AvgIpc) is 2.82. The maximum Gasteiger partial charge on any atom is 0.322 e. The van der Waals surface area contributed by atoms with Crippen LogP contribution in [-0.2, 0) is 5.41 Å². The summed E-state index contributed by atoms with van der Waals surface area (Å²) in [5.74, 6) is 0. The van der Waals surface area contributed by atoms with Gasteiger partial charge in [-0.05, 0) is 64.9 Å². The number of nitrogens with one attached hydrogen (secondary N) is 1. The summed E-state index contributed by atoms with van der Waals surface area (Å²) in [6.07, 6.45) is 2.28. The predicted octanol–water partition coefficient (Wildman–Crippen LogP) is 3.29. The molecule has 0 aromatic heterocycles. The number of aryl methyl sites for hydroxylation is 1. The molecule has 126 valence electrons. The van der Waals surface area contributed by atoms with Crippen LogP contribution in [0.15, 0.2) is 18.2 Å². The Morgan fingerprint density at radius 1 is 1.30 bits per heavy atom. The van der Waals surface area contributed by atoms with E-state index in [1.807, 2.05) is 18.7 Å². The first-order valence-corrected chi connectivity index (χ1v) is 8.87. The van der Waals surface area contributed by atoms with Gasteiger partial charge in [-0.25, -0.2) is 4.79 Å². The van der Waals surface area contributed by atoms with Crippen LogP contribution >= 0.6 is 0 Å². The number of nitrogens with zero attached hydrogens (tertiary/aromatic N) is 2. The van der Waals surface area contributed by atoms with Gasteiger partial charge < -0.3 is 10.2 Å². The van der Waals surface area contributed by atoms with Gasteiger partial charge in [0.15, 0.2) is 0 Å². The number of benzene rings is 1. The number of likely N-dealkylation sites (tertiary alicyclic amines) is 1. The molecule has 0 unspecified atom stereocenters. The van der Waals surface area contributed by atoms with Crippen molar-refractivity contribution in [2.24, 2.45) is 0 Å². The summed E-state index contributed by atoms with van der Waals surface area (Å²) in [7, 11) is 0. The second-order valence-electron chi connectivity index (χ2n) is 7.43. The minimum absolute atomic E-state index is 0.0416. The molecule has 0 aliphatic carbocycles. The molecule has 3 rings (SSSR count). The number of carbonyl (C=O) groups excluding carboxylic acids is 1. The van der Waals surface area contributed by atoms with E-state index in [1.165, 1.54) is 11.1 Å². The van der Waals surface area contributed by atoms with Crippen molar-refractivity contribution in [3.63, 3.8) is 0 Å². The molecular weight excluding hydrogens is 286 g/mol. The van der Waals surface area contributed by atoms with Gasteiger partial charge in [0.1, 0.15) is 0 Å². The fourth-order valence-corrected chi connectivity index (χ4v) is 4.01. The first-order valence-electron chi connectivity index (χ1n) is 8.87. The molecule has 0 atom stereocenters. The van der Waals surface area contributed by atoms with Crippen molar-refractivity contribution in [3.05, 3.63) is 29.3 Å². The van der Waals surface area contributed by atoms with Gasteiger partial charge in [-0.15, -0.1) is 0 Å². The van der Waals surface area contributed by atoms with E-state index in [0.29, 0.717) is 0 Å². The molecule has 2 aliphatic rings. The highest BCUT2D eigenvalue weighted by molar-refractivity contribution is 5.95. The summed E-state index contributed by atoms with van der Waals surface area (Å²) >= 11 is 0. The smallest absolute Gasteiger partial charge is 0.322 e. The van der Waals surface area contributed by atoms with E-state index in [-0.39, 0.29) is 17.5 Å². The number of amides is 2. The predicted molar refractivity (Wildman–Crippen MR) is 95.2 cm³/mol. The standard InChI is InChI=1S/C19H29N3O/c1-5-21-10-8-19(9-11-21)13-22(18(23)20-14(2)3)17-7-6-15(4)12-16(17)19/h6-7,12,14H,5,8-11,13H2,1-4H3,(H,20,23). The van der Waals surface area contributed by atoms with Gasteiger partial charge in [0.25, 0.3) is 0 Å². The topological polar surface area (TPSA) is 35.6 Å². The first kappa shape index (κ1) is 16.3. The molecule has 1 saturated heterocycles. The zero-order valence-electron chi connectivity index (χ0n) is 14.9. The van der Waals surface area contributed by atoms with E-state index in [1.54, 1.807) is 0 Å². The summed E-state index contributed by atoms with van der Waals surface area (Å²) in [5, 5.41) is 3.06. The Morgan fingerprint density at radius 2 is 2.00 bits per heavy atom. The summed E-state index contributed by atoms with van der Waals surface area (Å²) < 4.78 is 0. The van der Waals surface area contributed by atoms with Crippen molar-refractivity contribution in [2.75, 3.05) is 31.1 Å². The van der Waals surface area contributed by atoms with Crippen LogP contribution < -0.4 is 10.2 Å². The monoisotopic (exact) mass is 315 g/mol. The molecule has 2 aliphatic heterocycles. The average molecular weight is 315 g/mol. The van der Waals surface area contributed by atoms with Crippen molar-refractivity contribution in [3.8, 4) is 0 Å². The fraction of sp³-hybridized carbons (Fsp3) is 0.632. The third-order valence-corrected chi connectivity index (χ3v) is 5.39. The molecule has 4 nitrogen and oxygen atoms in total. The molecule has 2 amide bonds. The lowest BCUT2D eigenvalue weighted by molar-refractivity contribution is 0.173. The minimum Gasteiger partial charge on any atom is -0.336 e. The van der Waals surface area contributed by atoms with Gasteiger partial charge in [0.05, 0.1) is 0 Å². The maximum absolute atomic E-state index is 12.7. The fourth-order valence-electron chi connectivity index (χ4n) is 4.01. The van der Waals surface area contributed by atoms with Gasteiger partial charge in [0.2, 0.25) is 0 Å². The van der Waals surface area contributed by atoms with Crippen molar-refractivity contribution in [1.29, 1.82) is 0 Å². The summed E-state index contributed by atoms with van der Waals surface area (Å²) in [6, 6.07) is 6.76. The zero-order valence-corrected chi connectivity index (χ0v) is 14.9. The van der Waals surface area contributed by atoms with Crippen molar-refractivity contribution >= 4 is 11.7 Å². The molecule has 1 aromatic carbocycles. The normalized spacial score (nSPS) is 20.1. The maximum atomic E-state index is 12.7. The number of fused-ring (bicyclic) bond motifs is 2. The van der Waals surface area contributed by atoms with Gasteiger partial charge in [0, 0.05) is 23.7 Å². The molecule has 1 N–H and O–H groups in total. The Labute approximate surface area is 139 Å². The highest BCUT2D eigenvalue weighted by Crippen LogP contribution is 2.47. The first-order chi connectivity index (χ1) is 10.9. The van der Waals surface area contributed by atoms with Crippen LogP contribution in [0.3, 0.4) is 0 Å². The lowest BCUT2D eigenvalue weighted by atomic mass is 9.74. The van der Waals surface area contributed by atoms with Crippen LogP contribution in [0.5, 0.6) is 0 Å². The van der Waals surface area contributed by atoms with Gasteiger partial charge in [-0.1, -0.05) is 24.6 Å². The molecule has 23 heavy (non-hydrogen) atoms. The molecule has 0 radical (unpaired) electrons. The zero-order chi connectivity index (χ0) is 16.6. The number of urea groups is 1. The number of hydrogen-bond acceptors (Lipinski definition) is 2. The van der Waals surface area contributed by atoms with Crippen molar-refractivity contribution < 1.29 is 4.79 Å². The van der Waals surface area contributed by atoms with Crippen LogP contribution in [0, 0.1) is 6.92 Å². The van der Waals surface area contributed by atoms with Crippen LogP contribution in [-0.4, -0.2) is 43.2 Å². The minimum atomic E-state index is 0.0416. The lowest BCUT2D eigenvalue weighted by Gasteiger charge is -2.39. The van der Waals surface area contributed by atoms with E-state index >= 15 is 0 Å². The number of rotatable bonds is 2. The van der Waals surface area contributed by atoms with Gasteiger partial charge >= 0.3 is 6.03 Å². The lowest BCUT2D eigenvalue weighted by Crippen LogP contribution is -2.48. The highest BCUT2D eigenvalue weighted by Gasteiger charge is 2.46. The summed E-state index contributed by atoms with van der Waals surface area (Å²) in [5.41, 5.74) is 3.92. The summed E-state index contributed by atoms with van der Waals surface area (Å²) in [6.45, 7) is 12.6. The molecular formula is C19H29N3O. The molecule has 0 bridgehead atoms. The Balaban J connectivity index is 1.92. The Morgan fingerprint density at radius 3 is 2.61 bits per heavy atom. The molecule has 4 heteroatoms. The van der Waals surface area contributed by atoms with Crippen LogP contribution in [0.4, 0.5) is 10.5 Å². The van der Waals surface area contributed by atoms with Gasteiger partial charge in [-0.3, -0.25) is 4.90 Å². The van der Waals surface area contributed by atoms with E-state index in [2.05, 4.69) is 42.3 Å². The van der Waals surface area contributed by atoms with E-state index in [9.17, 15) is 4.79 Å². The SMILES string of the molecule is CCN1CCC2(CC1)CN(C(=O)NC(C)C)c1ccc(C)cc12. The molecule has 1 fully saturated rings. The Bertz CT molecular complexity index is 588. The van der Waals surface area contributed by atoms with Crippen molar-refractivity contribution in [2.45, 2.75) is 52.0 Å². The van der Waals surface area contributed by atoms with E-state index < -0.39 is 0 Å². The Kier molecular flexibility index (Phi) is 4.37. The second-order valence-corrected chi connectivity index (χ2v) is 7.43. The number of anilines is 1. The molecule has 2 heterocycles. The number of piperidine rings is 1. The van der Waals surface area contributed by atoms with E-state index in [4.69, 9.17) is 0 Å². The highest BCUT2D eigenvalue weighted by atomic mass is 16.2. The van der Waals surface area contributed by atoms with Gasteiger partial charge in [-0.2, -0.15) is 0 Å². The van der Waals surface area contributed by atoms with Crippen LogP contribution in [0.2, 0.25) is 0 Å². The van der Waals surface area contributed by atoms with Crippen LogP contribution in [0.1, 0.15) is 44.7 Å². The van der Waals surface area contributed by atoms with E-state index in [0.717, 1.165) is 44.7 Å².